The topological polar surface area (TPSA) is 128 Å². The van der Waals surface area contributed by atoms with Crippen LogP contribution in [0, 0.1) is 0 Å². The standard InChI is InChI=1S/C8H16N2O4S2.H3NP2/c1-2-14-8(13)6(10)4-16-15-3-5(9)7(11)12;2-1-3/h5-6H,2-4,9-10H2,1H3,(H,11,12);2H,3H2/t5?,6-;/m0./s1. The molecule has 0 amide bonds. The number of aliphatic carboxylic acids is 1. The Hall–Kier alpha value is 0.0900. The fraction of sp³-hybridized carbons (Fsp3) is 0.750. The molecular formula is C8H19N3O4P2S2. The Morgan fingerprint density at radius 3 is 2.16 bits per heavy atom. The van der Waals surface area contributed by atoms with Gasteiger partial charge in [-0.3, -0.25) is 14.1 Å². The highest BCUT2D eigenvalue weighted by atomic mass is 33.1. The van der Waals surface area contributed by atoms with Gasteiger partial charge in [-0.15, -0.1) is 0 Å². The van der Waals surface area contributed by atoms with E-state index in [1.807, 2.05) is 0 Å². The van der Waals surface area contributed by atoms with Crippen LogP contribution in [0.3, 0.4) is 0 Å². The smallest absolute Gasteiger partial charge is 0.323 e. The fourth-order valence-electron chi connectivity index (χ4n) is 0.631. The summed E-state index contributed by atoms with van der Waals surface area (Å²) in [5.74, 6) is -0.841. The Balaban J connectivity index is 0. The molecule has 7 nitrogen and oxygen atoms in total. The van der Waals surface area contributed by atoms with E-state index in [0.29, 0.717) is 12.4 Å². The predicted molar refractivity (Wildman–Crippen MR) is 85.6 cm³/mol. The quantitative estimate of drug-likeness (QED) is 0.254. The minimum Gasteiger partial charge on any atom is -0.480 e. The molecule has 0 aromatic heterocycles. The minimum absolute atomic E-state index is 0.273. The maximum atomic E-state index is 11.1. The maximum absolute atomic E-state index is 11.1. The molecule has 0 aliphatic heterocycles. The molecule has 3 atom stereocenters. The van der Waals surface area contributed by atoms with E-state index in [0.717, 1.165) is 0 Å². The number of hydrogen-bond acceptors (Lipinski definition) is 8. The minimum atomic E-state index is -1.04. The van der Waals surface area contributed by atoms with Crippen LogP contribution in [0.15, 0.2) is 4.52 Å². The second kappa shape index (κ2) is 14.5. The molecule has 0 heterocycles. The van der Waals surface area contributed by atoms with E-state index in [1.54, 1.807) is 6.92 Å². The summed E-state index contributed by atoms with van der Waals surface area (Å²) < 4.78 is 7.94. The van der Waals surface area contributed by atoms with Crippen molar-refractivity contribution in [3.05, 3.63) is 0 Å². The number of carbonyl (C=O) groups excluding carboxylic acids is 1. The highest BCUT2D eigenvalue weighted by Crippen LogP contribution is 2.22. The molecule has 0 aromatic carbocycles. The first-order valence-electron chi connectivity index (χ1n) is 5.12. The number of carboxylic acid groups (broad SMARTS) is 1. The van der Waals surface area contributed by atoms with Gasteiger partial charge < -0.3 is 21.3 Å². The van der Waals surface area contributed by atoms with Gasteiger partial charge in [-0.25, -0.2) is 0 Å². The number of carboxylic acids is 1. The molecule has 5 N–H and O–H groups in total. The van der Waals surface area contributed by atoms with Gasteiger partial charge in [0.25, 0.3) is 0 Å². The van der Waals surface area contributed by atoms with Crippen LogP contribution in [0.25, 0.3) is 0 Å². The number of hydrogen-bond donors (Lipinski definition) is 3. The van der Waals surface area contributed by atoms with Gasteiger partial charge in [0.15, 0.2) is 0 Å². The lowest BCUT2D eigenvalue weighted by Crippen LogP contribution is -2.35. The number of carbonyl (C=O) groups is 2. The number of nitrogens with zero attached hydrogens (tertiary/aromatic N) is 1. The number of rotatable bonds is 8. The lowest BCUT2D eigenvalue weighted by molar-refractivity contribution is -0.144. The Morgan fingerprint density at radius 1 is 1.37 bits per heavy atom. The van der Waals surface area contributed by atoms with E-state index in [9.17, 15) is 9.59 Å². The normalized spacial score (nSPS) is 12.6. The molecule has 0 spiro atoms. The molecule has 112 valence electrons. The summed E-state index contributed by atoms with van der Waals surface area (Å²) in [4.78, 5) is 21.5. The van der Waals surface area contributed by atoms with Crippen molar-refractivity contribution >= 4 is 51.9 Å². The van der Waals surface area contributed by atoms with Gasteiger partial charge in [0.05, 0.1) is 6.61 Å². The van der Waals surface area contributed by atoms with Crippen molar-refractivity contribution in [1.29, 1.82) is 0 Å². The van der Waals surface area contributed by atoms with Gasteiger partial charge in [0.2, 0.25) is 0 Å². The Morgan fingerprint density at radius 2 is 1.79 bits per heavy atom. The van der Waals surface area contributed by atoms with Crippen molar-refractivity contribution in [2.24, 2.45) is 16.0 Å². The second-order valence-electron chi connectivity index (χ2n) is 3.00. The van der Waals surface area contributed by atoms with E-state index < -0.39 is 24.0 Å². The summed E-state index contributed by atoms with van der Waals surface area (Å²) in [6.45, 7) is 2.01. The molecule has 0 aliphatic carbocycles. The molecule has 0 saturated carbocycles. The van der Waals surface area contributed by atoms with Gasteiger partial charge in [0, 0.05) is 11.5 Å². The fourth-order valence-corrected chi connectivity index (χ4v) is 2.85. The van der Waals surface area contributed by atoms with E-state index in [1.165, 1.54) is 21.6 Å². The van der Waals surface area contributed by atoms with Crippen LogP contribution in [0.5, 0.6) is 0 Å². The first-order valence-corrected chi connectivity index (χ1v) is 8.57. The van der Waals surface area contributed by atoms with E-state index in [4.69, 9.17) is 21.3 Å². The summed E-state index contributed by atoms with van der Waals surface area (Å²) in [6, 6.07) is -1.57. The van der Waals surface area contributed by atoms with Gasteiger partial charge in [-0.2, -0.15) is 0 Å². The van der Waals surface area contributed by atoms with Crippen molar-refractivity contribution in [3.8, 4) is 0 Å². The van der Waals surface area contributed by atoms with Crippen LogP contribution in [0.4, 0.5) is 0 Å². The molecule has 2 unspecified atom stereocenters. The Bertz CT molecular complexity index is 287. The summed E-state index contributed by atoms with van der Waals surface area (Å²) in [5, 5.41) is 8.50. The van der Waals surface area contributed by atoms with Crippen molar-refractivity contribution in [2.45, 2.75) is 19.0 Å². The molecular weight excluding hydrogens is 328 g/mol. The van der Waals surface area contributed by atoms with E-state index >= 15 is 0 Å². The molecule has 0 fully saturated rings. The van der Waals surface area contributed by atoms with E-state index in [-0.39, 0.29) is 5.75 Å². The highest BCUT2D eigenvalue weighted by molar-refractivity contribution is 8.76. The van der Waals surface area contributed by atoms with Crippen molar-refractivity contribution in [2.75, 3.05) is 18.1 Å². The van der Waals surface area contributed by atoms with Crippen LogP contribution in [0.1, 0.15) is 6.92 Å². The average Bonchev–Trinajstić information content (AvgIpc) is 2.35. The van der Waals surface area contributed by atoms with Gasteiger partial charge in [-0.05, 0) is 25.3 Å². The van der Waals surface area contributed by atoms with Gasteiger partial charge in [0.1, 0.15) is 12.1 Å². The van der Waals surface area contributed by atoms with Crippen molar-refractivity contribution in [3.63, 3.8) is 0 Å². The molecule has 19 heavy (non-hydrogen) atoms. The number of esters is 1. The maximum Gasteiger partial charge on any atom is 0.323 e. The molecule has 0 rings (SSSR count). The zero-order valence-corrected chi connectivity index (χ0v) is 14.2. The molecule has 0 bridgehead atoms. The molecule has 0 aromatic rings. The monoisotopic (exact) mass is 347 g/mol. The first kappa shape index (κ1) is 21.4. The largest absolute Gasteiger partial charge is 0.480 e. The first-order chi connectivity index (χ1) is 8.90. The summed E-state index contributed by atoms with van der Waals surface area (Å²) >= 11 is 0. The number of ether oxygens (including phenoxy) is 1. The molecule has 11 heteroatoms. The Labute approximate surface area is 124 Å². The van der Waals surface area contributed by atoms with Crippen LogP contribution >= 0.6 is 40.0 Å². The summed E-state index contributed by atoms with van der Waals surface area (Å²) in [5.41, 5.74) is 10.8. The SMILES string of the molecule is CCOC(=O)[C@@H](N)CSSCC(N)C(=O)O.P=NP. The summed E-state index contributed by atoms with van der Waals surface area (Å²) in [7, 11) is 7.47. The van der Waals surface area contributed by atoms with Crippen LogP contribution in [-0.2, 0) is 14.3 Å². The highest BCUT2D eigenvalue weighted by Gasteiger charge is 2.16. The third kappa shape index (κ3) is 14.3. The number of nitrogens with two attached hydrogens (primary N) is 2. The van der Waals surface area contributed by atoms with Gasteiger partial charge in [-0.1, -0.05) is 21.6 Å². The third-order valence-corrected chi connectivity index (χ3v) is 3.96. The lowest BCUT2D eigenvalue weighted by atomic mass is 10.4. The zero-order valence-electron chi connectivity index (χ0n) is 10.4. The van der Waals surface area contributed by atoms with E-state index in [2.05, 4.69) is 22.9 Å². The third-order valence-electron chi connectivity index (χ3n) is 1.49. The lowest BCUT2D eigenvalue weighted by Gasteiger charge is -2.10. The zero-order chi connectivity index (χ0) is 15.3. The molecule has 0 radical (unpaired) electrons. The predicted octanol–water partition coefficient (Wildman–Crippen LogP) is 0.773. The average molecular weight is 347 g/mol. The molecule has 0 aliphatic rings. The van der Waals surface area contributed by atoms with Crippen molar-refractivity contribution < 1.29 is 19.4 Å². The van der Waals surface area contributed by atoms with Crippen LogP contribution in [-0.4, -0.2) is 47.2 Å². The van der Waals surface area contributed by atoms with Gasteiger partial charge >= 0.3 is 11.9 Å². The van der Waals surface area contributed by atoms with Crippen molar-refractivity contribution in [1.82, 2.24) is 0 Å². The second-order valence-corrected chi connectivity index (χ2v) is 6.59. The molecule has 0 saturated heterocycles. The summed E-state index contributed by atoms with van der Waals surface area (Å²) in [6.07, 6.45) is 0. The van der Waals surface area contributed by atoms with Crippen LogP contribution in [0.2, 0.25) is 0 Å². The Kier molecular flexibility index (Phi) is 16.3. The van der Waals surface area contributed by atoms with Crippen LogP contribution < -0.4 is 11.5 Å².